The summed E-state index contributed by atoms with van der Waals surface area (Å²) in [6.45, 7) is 6.00. The lowest BCUT2D eigenvalue weighted by molar-refractivity contribution is 0.242. The van der Waals surface area contributed by atoms with E-state index >= 15 is 0 Å². The summed E-state index contributed by atoms with van der Waals surface area (Å²) in [5.74, 6) is 1.50. The van der Waals surface area contributed by atoms with Crippen LogP contribution < -0.4 is 10.5 Å². The summed E-state index contributed by atoms with van der Waals surface area (Å²) in [5.41, 5.74) is 6.82. The van der Waals surface area contributed by atoms with Crippen molar-refractivity contribution in [2.45, 2.75) is 26.9 Å². The van der Waals surface area contributed by atoms with Crippen molar-refractivity contribution in [2.24, 2.45) is 0 Å². The Balaban J connectivity index is 2.23. The van der Waals surface area contributed by atoms with Crippen molar-refractivity contribution in [3.8, 4) is 16.3 Å². The molecule has 0 aliphatic carbocycles. The lowest BCUT2D eigenvalue weighted by Crippen LogP contribution is -2.05. The van der Waals surface area contributed by atoms with Gasteiger partial charge in [0.25, 0.3) is 0 Å². The number of thiazole rings is 1. The fourth-order valence-corrected chi connectivity index (χ4v) is 2.32. The van der Waals surface area contributed by atoms with Crippen molar-refractivity contribution < 1.29 is 4.74 Å². The Hall–Kier alpha value is -1.55. The van der Waals surface area contributed by atoms with E-state index in [1.165, 1.54) is 0 Å². The molecule has 0 aliphatic rings. The van der Waals surface area contributed by atoms with Crippen LogP contribution in [0, 0.1) is 6.92 Å². The number of aromatic nitrogens is 1. The summed E-state index contributed by atoms with van der Waals surface area (Å²) in [6.07, 6.45) is 0.193. The molecule has 1 aromatic heterocycles. The molecular formula is C13H16N2OS. The quantitative estimate of drug-likeness (QED) is 0.904. The molecule has 2 N–H and O–H groups in total. The summed E-state index contributed by atoms with van der Waals surface area (Å²) >= 11 is 1.61. The largest absolute Gasteiger partial charge is 0.491 e. The topological polar surface area (TPSA) is 48.1 Å². The third-order valence-electron chi connectivity index (χ3n) is 2.31. The summed E-state index contributed by atoms with van der Waals surface area (Å²) in [6, 6.07) is 7.94. The van der Waals surface area contributed by atoms with Crippen LogP contribution in [0.15, 0.2) is 24.3 Å². The Morgan fingerprint density at radius 3 is 2.35 bits per heavy atom. The van der Waals surface area contributed by atoms with Crippen LogP contribution in [0.4, 0.5) is 5.82 Å². The maximum atomic E-state index is 5.75. The zero-order chi connectivity index (χ0) is 12.4. The SMILES string of the molecule is Cc1sc(-c2ccc(OC(C)C)cc2)nc1N. The number of nitrogens with two attached hydrogens (primary N) is 1. The van der Waals surface area contributed by atoms with Gasteiger partial charge in [-0.05, 0) is 45.0 Å². The Morgan fingerprint density at radius 2 is 1.88 bits per heavy atom. The predicted octanol–water partition coefficient (Wildman–Crippen LogP) is 3.49. The monoisotopic (exact) mass is 248 g/mol. The molecule has 0 atom stereocenters. The van der Waals surface area contributed by atoms with Gasteiger partial charge in [-0.25, -0.2) is 4.98 Å². The first-order valence-electron chi connectivity index (χ1n) is 5.56. The highest BCUT2D eigenvalue weighted by atomic mass is 32.1. The molecule has 0 unspecified atom stereocenters. The van der Waals surface area contributed by atoms with Gasteiger partial charge in [0.1, 0.15) is 16.6 Å². The molecule has 17 heavy (non-hydrogen) atoms. The van der Waals surface area contributed by atoms with Gasteiger partial charge in [0.15, 0.2) is 0 Å². The van der Waals surface area contributed by atoms with Gasteiger partial charge in [0.2, 0.25) is 0 Å². The second-order valence-electron chi connectivity index (χ2n) is 4.15. The second kappa shape index (κ2) is 4.75. The summed E-state index contributed by atoms with van der Waals surface area (Å²) in [4.78, 5) is 5.38. The van der Waals surface area contributed by atoms with E-state index in [1.807, 2.05) is 45.0 Å². The van der Waals surface area contributed by atoms with E-state index in [1.54, 1.807) is 11.3 Å². The van der Waals surface area contributed by atoms with Gasteiger partial charge in [0, 0.05) is 10.4 Å². The van der Waals surface area contributed by atoms with Crippen LogP contribution in [-0.4, -0.2) is 11.1 Å². The second-order valence-corrected chi connectivity index (χ2v) is 5.35. The van der Waals surface area contributed by atoms with Crippen LogP contribution in [0.2, 0.25) is 0 Å². The molecule has 3 nitrogen and oxygen atoms in total. The molecule has 1 aromatic carbocycles. The molecule has 2 rings (SSSR count). The fraction of sp³-hybridized carbons (Fsp3) is 0.308. The summed E-state index contributed by atoms with van der Waals surface area (Å²) < 4.78 is 5.59. The molecule has 4 heteroatoms. The normalized spacial score (nSPS) is 10.8. The molecule has 0 saturated heterocycles. The van der Waals surface area contributed by atoms with E-state index < -0.39 is 0 Å². The third-order valence-corrected chi connectivity index (χ3v) is 3.34. The maximum absolute atomic E-state index is 5.75. The number of anilines is 1. The number of aryl methyl sites for hydroxylation is 1. The molecule has 90 valence electrons. The highest BCUT2D eigenvalue weighted by molar-refractivity contribution is 7.15. The van der Waals surface area contributed by atoms with Crippen molar-refractivity contribution in [1.82, 2.24) is 4.98 Å². The third kappa shape index (κ3) is 2.77. The number of hydrogen-bond donors (Lipinski definition) is 1. The van der Waals surface area contributed by atoms with Crippen LogP contribution in [0.3, 0.4) is 0 Å². The lowest BCUT2D eigenvalue weighted by Gasteiger charge is -2.09. The lowest BCUT2D eigenvalue weighted by atomic mass is 10.2. The molecule has 0 saturated carbocycles. The summed E-state index contributed by atoms with van der Waals surface area (Å²) in [7, 11) is 0. The van der Waals surface area contributed by atoms with Gasteiger partial charge in [0.05, 0.1) is 6.10 Å². The van der Waals surface area contributed by atoms with Crippen LogP contribution in [0.25, 0.3) is 10.6 Å². The van der Waals surface area contributed by atoms with Crippen molar-refractivity contribution in [2.75, 3.05) is 5.73 Å². The van der Waals surface area contributed by atoms with Crippen molar-refractivity contribution in [3.63, 3.8) is 0 Å². The summed E-state index contributed by atoms with van der Waals surface area (Å²) in [5, 5.41) is 0.955. The van der Waals surface area contributed by atoms with Gasteiger partial charge in [-0.3, -0.25) is 0 Å². The Labute approximate surface area is 105 Å². The first-order chi connectivity index (χ1) is 8.06. The molecule has 0 fully saturated rings. The molecule has 0 amide bonds. The van der Waals surface area contributed by atoms with E-state index in [0.717, 1.165) is 21.2 Å². The molecule has 0 aliphatic heterocycles. The Bertz CT molecular complexity index is 483. The van der Waals surface area contributed by atoms with Crippen molar-refractivity contribution in [1.29, 1.82) is 0 Å². The van der Waals surface area contributed by atoms with E-state index in [0.29, 0.717) is 5.82 Å². The number of benzene rings is 1. The van der Waals surface area contributed by atoms with Gasteiger partial charge in [-0.15, -0.1) is 11.3 Å². The van der Waals surface area contributed by atoms with Gasteiger partial charge in [-0.2, -0.15) is 0 Å². The van der Waals surface area contributed by atoms with E-state index in [9.17, 15) is 0 Å². The number of nitrogen functional groups attached to an aromatic ring is 1. The van der Waals surface area contributed by atoms with Crippen LogP contribution in [-0.2, 0) is 0 Å². The zero-order valence-corrected chi connectivity index (χ0v) is 11.0. The van der Waals surface area contributed by atoms with Crippen LogP contribution in [0.1, 0.15) is 18.7 Å². The smallest absolute Gasteiger partial charge is 0.138 e. The van der Waals surface area contributed by atoms with Crippen molar-refractivity contribution in [3.05, 3.63) is 29.1 Å². The molecular weight excluding hydrogens is 232 g/mol. The van der Waals surface area contributed by atoms with Crippen LogP contribution >= 0.6 is 11.3 Å². The standard InChI is InChI=1S/C13H16N2OS/c1-8(2)16-11-6-4-10(5-7-11)13-15-12(14)9(3)17-13/h4-8H,14H2,1-3H3. The van der Waals surface area contributed by atoms with E-state index in [4.69, 9.17) is 10.5 Å². The molecule has 0 spiro atoms. The highest BCUT2D eigenvalue weighted by Gasteiger charge is 2.07. The molecule has 1 heterocycles. The first-order valence-corrected chi connectivity index (χ1v) is 6.38. The number of hydrogen-bond acceptors (Lipinski definition) is 4. The van der Waals surface area contributed by atoms with Gasteiger partial charge in [-0.1, -0.05) is 0 Å². The fourth-order valence-electron chi connectivity index (χ4n) is 1.48. The van der Waals surface area contributed by atoms with E-state index in [2.05, 4.69) is 4.98 Å². The van der Waals surface area contributed by atoms with Gasteiger partial charge < -0.3 is 10.5 Å². The minimum absolute atomic E-state index is 0.193. The molecule has 0 radical (unpaired) electrons. The average Bonchev–Trinajstić information content (AvgIpc) is 2.59. The average molecular weight is 248 g/mol. The molecule has 0 bridgehead atoms. The Kier molecular flexibility index (Phi) is 3.33. The van der Waals surface area contributed by atoms with Crippen LogP contribution in [0.5, 0.6) is 5.75 Å². The van der Waals surface area contributed by atoms with Crippen molar-refractivity contribution >= 4 is 17.2 Å². The van der Waals surface area contributed by atoms with Gasteiger partial charge >= 0.3 is 0 Å². The number of nitrogens with zero attached hydrogens (tertiary/aromatic N) is 1. The number of ether oxygens (including phenoxy) is 1. The first kappa shape index (κ1) is 11.9. The van der Waals surface area contributed by atoms with E-state index in [-0.39, 0.29) is 6.10 Å². The zero-order valence-electron chi connectivity index (χ0n) is 10.2. The highest BCUT2D eigenvalue weighted by Crippen LogP contribution is 2.29. The maximum Gasteiger partial charge on any atom is 0.138 e. The minimum Gasteiger partial charge on any atom is -0.491 e. The Morgan fingerprint density at radius 1 is 1.24 bits per heavy atom. The molecule has 2 aromatic rings. The number of rotatable bonds is 3. The minimum atomic E-state index is 0.193. The predicted molar refractivity (Wildman–Crippen MR) is 72.5 cm³/mol.